The molecule has 0 N–H and O–H groups in total. The molecule has 10 rings (SSSR count). The van der Waals surface area contributed by atoms with Gasteiger partial charge in [-0.15, -0.1) is 0 Å². The van der Waals surface area contributed by atoms with Gasteiger partial charge in [0.1, 0.15) is 22.3 Å². The van der Waals surface area contributed by atoms with Gasteiger partial charge in [0.05, 0.1) is 0 Å². The molecule has 0 amide bonds. The van der Waals surface area contributed by atoms with Gasteiger partial charge >= 0.3 is 0 Å². The van der Waals surface area contributed by atoms with E-state index in [-0.39, 0.29) is 0 Å². The minimum absolute atomic E-state index is 0.862. The van der Waals surface area contributed by atoms with Gasteiger partial charge in [0.25, 0.3) is 0 Å². The lowest BCUT2D eigenvalue weighted by Gasteiger charge is -2.26. The van der Waals surface area contributed by atoms with Crippen molar-refractivity contribution in [1.82, 2.24) is 0 Å². The van der Waals surface area contributed by atoms with Crippen LogP contribution in [0.15, 0.2) is 185 Å². The van der Waals surface area contributed by atoms with E-state index in [9.17, 15) is 0 Å². The summed E-state index contributed by atoms with van der Waals surface area (Å²) in [5.74, 6) is 0. The van der Waals surface area contributed by atoms with Crippen molar-refractivity contribution in [2.24, 2.45) is 0 Å². The van der Waals surface area contributed by atoms with Crippen LogP contribution < -0.4 is 4.90 Å². The fraction of sp³-hybridized carbons (Fsp3) is 0. The summed E-state index contributed by atoms with van der Waals surface area (Å²) in [6.07, 6.45) is 0. The number of fused-ring (bicyclic) bond motifs is 8. The fourth-order valence-electron chi connectivity index (χ4n) is 7.30. The molecule has 10 aromatic rings. The third kappa shape index (κ3) is 4.51. The molecule has 0 aliphatic rings. The molecule has 0 atom stereocenters. The summed E-state index contributed by atoms with van der Waals surface area (Å²) in [6.45, 7) is 0. The van der Waals surface area contributed by atoms with Crippen LogP contribution in [0, 0.1) is 0 Å². The lowest BCUT2D eigenvalue weighted by Crippen LogP contribution is -2.10. The Bertz CT molecular complexity index is 2830. The lowest BCUT2D eigenvalue weighted by molar-refractivity contribution is 0.670. The molecule has 0 aliphatic heterocycles. The van der Waals surface area contributed by atoms with Crippen LogP contribution in [0.1, 0.15) is 0 Å². The Balaban J connectivity index is 1.13. The van der Waals surface area contributed by atoms with Crippen molar-refractivity contribution in [1.29, 1.82) is 0 Å². The Morgan fingerprint density at radius 1 is 0.327 bits per heavy atom. The molecular weight excluding hydrogens is 599 g/mol. The van der Waals surface area contributed by atoms with E-state index in [1.165, 1.54) is 10.9 Å². The van der Waals surface area contributed by atoms with Crippen LogP contribution in [-0.4, -0.2) is 0 Å². The highest BCUT2D eigenvalue weighted by Crippen LogP contribution is 2.42. The summed E-state index contributed by atoms with van der Waals surface area (Å²) in [5, 5.41) is 6.80. The Morgan fingerprint density at radius 3 is 1.86 bits per heavy atom. The molecule has 230 valence electrons. The zero-order valence-corrected chi connectivity index (χ0v) is 26.5. The van der Waals surface area contributed by atoms with E-state index in [2.05, 4.69) is 169 Å². The van der Waals surface area contributed by atoms with Crippen LogP contribution in [0.25, 0.3) is 76.9 Å². The van der Waals surface area contributed by atoms with Crippen molar-refractivity contribution in [3.8, 4) is 22.3 Å². The molecule has 3 heteroatoms. The van der Waals surface area contributed by atoms with Gasteiger partial charge in [-0.1, -0.05) is 121 Å². The largest absolute Gasteiger partial charge is 0.455 e. The minimum Gasteiger partial charge on any atom is -0.455 e. The highest BCUT2D eigenvalue weighted by Gasteiger charge is 2.18. The maximum absolute atomic E-state index is 6.63. The lowest BCUT2D eigenvalue weighted by atomic mass is 10.0. The van der Waals surface area contributed by atoms with Gasteiger partial charge < -0.3 is 13.7 Å². The minimum atomic E-state index is 0.862. The number of rotatable bonds is 5. The zero-order valence-electron chi connectivity index (χ0n) is 26.5. The summed E-state index contributed by atoms with van der Waals surface area (Å²) in [5.41, 5.74) is 11.2. The van der Waals surface area contributed by atoms with Gasteiger partial charge in [-0.05, 0) is 70.6 Å². The van der Waals surface area contributed by atoms with Crippen molar-refractivity contribution in [2.75, 3.05) is 4.90 Å². The molecule has 0 saturated heterocycles. The number of anilines is 3. The molecule has 2 heterocycles. The third-order valence-corrected chi connectivity index (χ3v) is 9.66. The first-order valence-corrected chi connectivity index (χ1v) is 16.6. The molecule has 0 radical (unpaired) electrons. The highest BCUT2D eigenvalue weighted by atomic mass is 16.3. The number of benzene rings is 8. The van der Waals surface area contributed by atoms with Gasteiger partial charge in [-0.25, -0.2) is 0 Å². The van der Waals surface area contributed by atoms with Crippen LogP contribution in [0.4, 0.5) is 17.1 Å². The molecule has 0 bridgehead atoms. The Morgan fingerprint density at radius 2 is 0.959 bits per heavy atom. The quantitative estimate of drug-likeness (QED) is 0.190. The smallest absolute Gasteiger partial charge is 0.143 e. The molecule has 0 spiro atoms. The predicted octanol–water partition coefficient (Wildman–Crippen LogP) is 13.4. The second kappa shape index (κ2) is 11.0. The van der Waals surface area contributed by atoms with Crippen molar-refractivity contribution < 1.29 is 8.83 Å². The molecule has 0 saturated carbocycles. The number of hydrogen-bond acceptors (Lipinski definition) is 3. The maximum Gasteiger partial charge on any atom is 0.143 e. The second-order valence-corrected chi connectivity index (χ2v) is 12.5. The SMILES string of the molecule is c1ccc(-c2cccc(N(c3ccc(-c4cccc5c4oc4ccccc45)cc3)c3ccc4c(c3)oc3c5ccccc5ccc43)c2)cc1. The molecule has 49 heavy (non-hydrogen) atoms. The van der Waals surface area contributed by atoms with Gasteiger partial charge in [-0.2, -0.15) is 0 Å². The molecule has 0 unspecified atom stereocenters. The van der Waals surface area contributed by atoms with E-state index < -0.39 is 0 Å². The van der Waals surface area contributed by atoms with Crippen LogP contribution in [0.3, 0.4) is 0 Å². The van der Waals surface area contributed by atoms with E-state index in [0.717, 1.165) is 83.0 Å². The van der Waals surface area contributed by atoms with Crippen LogP contribution in [-0.2, 0) is 0 Å². The average Bonchev–Trinajstić information content (AvgIpc) is 3.74. The van der Waals surface area contributed by atoms with Crippen LogP contribution in [0.5, 0.6) is 0 Å². The van der Waals surface area contributed by atoms with Crippen molar-refractivity contribution in [3.05, 3.63) is 176 Å². The topological polar surface area (TPSA) is 29.5 Å². The van der Waals surface area contributed by atoms with E-state index in [4.69, 9.17) is 8.83 Å². The Hall–Kier alpha value is -6.58. The summed E-state index contributed by atoms with van der Waals surface area (Å²) in [7, 11) is 0. The van der Waals surface area contributed by atoms with E-state index in [1.54, 1.807) is 0 Å². The number of furan rings is 2. The first kappa shape index (κ1) is 27.5. The summed E-state index contributed by atoms with van der Waals surface area (Å²) < 4.78 is 13.0. The van der Waals surface area contributed by atoms with Gasteiger partial charge in [0.15, 0.2) is 0 Å². The van der Waals surface area contributed by atoms with Crippen LogP contribution in [0.2, 0.25) is 0 Å². The number of hydrogen-bond donors (Lipinski definition) is 0. The summed E-state index contributed by atoms with van der Waals surface area (Å²) in [4.78, 5) is 2.31. The summed E-state index contributed by atoms with van der Waals surface area (Å²) in [6, 6.07) is 62.0. The van der Waals surface area contributed by atoms with E-state index in [1.807, 2.05) is 12.1 Å². The Labute approximate surface area is 282 Å². The third-order valence-electron chi connectivity index (χ3n) is 9.66. The first-order valence-electron chi connectivity index (χ1n) is 16.6. The average molecular weight is 628 g/mol. The molecule has 0 aliphatic carbocycles. The van der Waals surface area contributed by atoms with Gasteiger partial charge in [0, 0.05) is 55.6 Å². The summed E-state index contributed by atoms with van der Waals surface area (Å²) >= 11 is 0. The normalized spacial score (nSPS) is 11.7. The highest BCUT2D eigenvalue weighted by molar-refractivity contribution is 6.15. The monoisotopic (exact) mass is 627 g/mol. The van der Waals surface area contributed by atoms with E-state index in [0.29, 0.717) is 0 Å². The van der Waals surface area contributed by atoms with Crippen LogP contribution >= 0.6 is 0 Å². The second-order valence-electron chi connectivity index (χ2n) is 12.5. The molecular formula is C46H29NO2. The first-order chi connectivity index (χ1) is 24.3. The van der Waals surface area contributed by atoms with Crippen molar-refractivity contribution in [3.63, 3.8) is 0 Å². The predicted molar refractivity (Wildman–Crippen MR) is 204 cm³/mol. The molecule has 3 nitrogen and oxygen atoms in total. The molecule has 2 aromatic heterocycles. The Kier molecular flexibility index (Phi) is 6.18. The zero-order chi connectivity index (χ0) is 32.3. The fourth-order valence-corrected chi connectivity index (χ4v) is 7.30. The number of nitrogens with zero attached hydrogens (tertiary/aromatic N) is 1. The van der Waals surface area contributed by atoms with Gasteiger partial charge in [-0.3, -0.25) is 0 Å². The van der Waals surface area contributed by atoms with Crippen molar-refractivity contribution in [2.45, 2.75) is 0 Å². The number of para-hydroxylation sites is 2. The molecule has 0 fully saturated rings. The standard InChI is InChI=1S/C46H29NO2/c1-2-10-30(11-3-1)33-13-8-14-35(28-33)47(36-25-27-40-42-26-22-31-12-4-5-15-37(31)46(42)49-44(40)29-36)34-23-20-32(21-24-34)38-17-9-18-41-39-16-6-7-19-43(39)48-45(38)41/h1-29H. The maximum atomic E-state index is 6.63. The van der Waals surface area contributed by atoms with E-state index >= 15 is 0 Å². The van der Waals surface area contributed by atoms with Crippen molar-refractivity contribution >= 4 is 71.7 Å². The van der Waals surface area contributed by atoms with Gasteiger partial charge in [0.2, 0.25) is 0 Å². The molecule has 8 aromatic carbocycles.